The number of hydroxylamine groups is 2. The van der Waals surface area contributed by atoms with E-state index in [9.17, 15) is 14.4 Å². The van der Waals surface area contributed by atoms with Gasteiger partial charge in [0.2, 0.25) is 0 Å². The van der Waals surface area contributed by atoms with Crippen molar-refractivity contribution in [3.8, 4) is 0 Å². The lowest BCUT2D eigenvalue weighted by Crippen LogP contribution is -2.38. The summed E-state index contributed by atoms with van der Waals surface area (Å²) in [6, 6.07) is 13.5. The number of benzene rings is 2. The standard InChI is InChI=1S/C22H22ClNO5/c1-28-21(26)17-6-4-7-18(13-17)22(27)29-24-11-9-15(10-12-24)20(25)14-16-5-2-3-8-19(16)23/h2-8,13,15H,9-12,14H2,1H3. The number of hydrogen-bond acceptors (Lipinski definition) is 6. The largest absolute Gasteiger partial charge is 0.465 e. The number of ketones is 1. The van der Waals surface area contributed by atoms with Crippen LogP contribution in [0.15, 0.2) is 48.5 Å². The Morgan fingerprint density at radius 1 is 1.00 bits per heavy atom. The van der Waals surface area contributed by atoms with Crippen molar-refractivity contribution in [2.24, 2.45) is 5.92 Å². The van der Waals surface area contributed by atoms with Gasteiger partial charge in [0.05, 0.1) is 18.2 Å². The number of ether oxygens (including phenoxy) is 1. The van der Waals surface area contributed by atoms with Crippen LogP contribution in [0, 0.1) is 5.92 Å². The summed E-state index contributed by atoms with van der Waals surface area (Å²) in [4.78, 5) is 42.0. The molecule has 1 fully saturated rings. The Hall–Kier alpha value is -2.70. The van der Waals surface area contributed by atoms with Gasteiger partial charge >= 0.3 is 11.9 Å². The van der Waals surface area contributed by atoms with Crippen molar-refractivity contribution in [2.75, 3.05) is 20.2 Å². The van der Waals surface area contributed by atoms with E-state index in [1.165, 1.54) is 13.2 Å². The molecule has 0 atom stereocenters. The molecule has 3 rings (SSSR count). The lowest BCUT2D eigenvalue weighted by atomic mass is 9.90. The summed E-state index contributed by atoms with van der Waals surface area (Å²) in [5.41, 5.74) is 1.38. The van der Waals surface area contributed by atoms with Crippen LogP contribution in [0.5, 0.6) is 0 Å². The van der Waals surface area contributed by atoms with Gasteiger partial charge < -0.3 is 9.57 Å². The van der Waals surface area contributed by atoms with Crippen LogP contribution in [0.1, 0.15) is 39.1 Å². The van der Waals surface area contributed by atoms with Crippen molar-refractivity contribution in [3.05, 3.63) is 70.2 Å². The molecule has 0 N–H and O–H groups in total. The Kier molecular flexibility index (Phi) is 7.01. The molecule has 0 unspecified atom stereocenters. The Morgan fingerprint density at radius 2 is 1.66 bits per heavy atom. The van der Waals surface area contributed by atoms with Crippen LogP contribution in [-0.4, -0.2) is 43.0 Å². The number of nitrogens with zero attached hydrogens (tertiary/aromatic N) is 1. The second-order valence-electron chi connectivity index (χ2n) is 6.89. The number of Topliss-reactive ketones (excluding diaryl/α,β-unsaturated/α-hetero) is 1. The topological polar surface area (TPSA) is 72.9 Å². The number of esters is 1. The molecule has 0 radical (unpaired) electrons. The third-order valence-corrected chi connectivity index (χ3v) is 5.33. The minimum absolute atomic E-state index is 0.0797. The second-order valence-corrected chi connectivity index (χ2v) is 7.30. The number of halogens is 1. The summed E-state index contributed by atoms with van der Waals surface area (Å²) in [5, 5.41) is 2.16. The zero-order chi connectivity index (χ0) is 20.8. The number of piperidine rings is 1. The minimum Gasteiger partial charge on any atom is -0.465 e. The number of carbonyl (C=O) groups excluding carboxylic acids is 3. The van der Waals surface area contributed by atoms with Crippen LogP contribution in [0.4, 0.5) is 0 Å². The smallest absolute Gasteiger partial charge is 0.357 e. The fourth-order valence-corrected chi connectivity index (χ4v) is 3.51. The molecular weight excluding hydrogens is 394 g/mol. The van der Waals surface area contributed by atoms with Crippen LogP contribution in [0.25, 0.3) is 0 Å². The van der Waals surface area contributed by atoms with Crippen molar-refractivity contribution in [1.29, 1.82) is 0 Å². The van der Waals surface area contributed by atoms with E-state index in [0.29, 0.717) is 37.4 Å². The fraction of sp³-hybridized carbons (Fsp3) is 0.318. The molecule has 1 aliphatic heterocycles. The van der Waals surface area contributed by atoms with Gasteiger partial charge in [-0.2, -0.15) is 0 Å². The molecule has 1 saturated heterocycles. The van der Waals surface area contributed by atoms with Crippen LogP contribution in [0.3, 0.4) is 0 Å². The van der Waals surface area contributed by atoms with Gasteiger partial charge in [0, 0.05) is 30.5 Å². The van der Waals surface area contributed by atoms with E-state index in [1.54, 1.807) is 29.3 Å². The molecule has 0 amide bonds. The Balaban J connectivity index is 1.52. The van der Waals surface area contributed by atoms with Gasteiger partial charge in [-0.25, -0.2) is 9.59 Å². The molecule has 2 aromatic carbocycles. The van der Waals surface area contributed by atoms with E-state index in [1.807, 2.05) is 18.2 Å². The summed E-state index contributed by atoms with van der Waals surface area (Å²) < 4.78 is 4.66. The summed E-state index contributed by atoms with van der Waals surface area (Å²) in [5.74, 6) is -0.993. The molecule has 0 aromatic heterocycles. The first-order valence-corrected chi connectivity index (χ1v) is 9.77. The highest BCUT2D eigenvalue weighted by Crippen LogP contribution is 2.23. The van der Waals surface area contributed by atoms with E-state index in [2.05, 4.69) is 4.74 Å². The average molecular weight is 416 g/mol. The zero-order valence-electron chi connectivity index (χ0n) is 16.1. The number of carbonyl (C=O) groups is 3. The SMILES string of the molecule is COC(=O)c1cccc(C(=O)ON2CCC(C(=O)Cc3ccccc3Cl)CC2)c1. The van der Waals surface area contributed by atoms with Crippen molar-refractivity contribution in [3.63, 3.8) is 0 Å². The minimum atomic E-state index is -0.545. The molecule has 152 valence electrons. The van der Waals surface area contributed by atoms with Crippen LogP contribution >= 0.6 is 11.6 Å². The molecule has 6 nitrogen and oxygen atoms in total. The van der Waals surface area contributed by atoms with Crippen LogP contribution in [0.2, 0.25) is 5.02 Å². The van der Waals surface area contributed by atoms with E-state index in [4.69, 9.17) is 16.4 Å². The van der Waals surface area contributed by atoms with Crippen molar-refractivity contribution < 1.29 is 24.0 Å². The van der Waals surface area contributed by atoms with Crippen LogP contribution in [-0.2, 0) is 20.8 Å². The molecule has 1 aliphatic rings. The van der Waals surface area contributed by atoms with E-state index in [-0.39, 0.29) is 22.8 Å². The summed E-state index contributed by atoms with van der Waals surface area (Å²) in [6.45, 7) is 0.947. The zero-order valence-corrected chi connectivity index (χ0v) is 16.9. The van der Waals surface area contributed by atoms with Gasteiger partial charge in [0.1, 0.15) is 5.78 Å². The predicted molar refractivity (Wildman–Crippen MR) is 108 cm³/mol. The maximum absolute atomic E-state index is 12.6. The molecule has 0 bridgehead atoms. The normalized spacial score (nSPS) is 15.0. The lowest BCUT2D eigenvalue weighted by molar-refractivity contribution is -0.138. The molecule has 1 heterocycles. The highest BCUT2D eigenvalue weighted by molar-refractivity contribution is 6.31. The lowest BCUT2D eigenvalue weighted by Gasteiger charge is -2.29. The molecule has 0 aliphatic carbocycles. The summed E-state index contributed by atoms with van der Waals surface area (Å²) in [7, 11) is 1.28. The molecule has 29 heavy (non-hydrogen) atoms. The predicted octanol–water partition coefficient (Wildman–Crippen LogP) is 3.72. The van der Waals surface area contributed by atoms with Crippen molar-refractivity contribution >= 4 is 29.3 Å². The molecule has 2 aromatic rings. The number of hydrogen-bond donors (Lipinski definition) is 0. The molecule has 0 saturated carbocycles. The third-order valence-electron chi connectivity index (χ3n) is 4.96. The van der Waals surface area contributed by atoms with Gasteiger partial charge in [-0.15, -0.1) is 5.06 Å². The Labute approximate surface area is 174 Å². The first-order valence-electron chi connectivity index (χ1n) is 9.39. The van der Waals surface area contributed by atoms with E-state index >= 15 is 0 Å². The number of rotatable bonds is 6. The average Bonchev–Trinajstić information content (AvgIpc) is 2.75. The van der Waals surface area contributed by atoms with Gasteiger partial charge in [-0.05, 0) is 42.7 Å². The van der Waals surface area contributed by atoms with E-state index < -0.39 is 11.9 Å². The highest BCUT2D eigenvalue weighted by Gasteiger charge is 2.27. The number of methoxy groups -OCH3 is 1. The first kappa shape index (κ1) is 21.0. The fourth-order valence-electron chi connectivity index (χ4n) is 3.30. The molecular formula is C22H22ClNO5. The monoisotopic (exact) mass is 415 g/mol. The highest BCUT2D eigenvalue weighted by atomic mass is 35.5. The van der Waals surface area contributed by atoms with E-state index in [0.717, 1.165) is 5.56 Å². The van der Waals surface area contributed by atoms with Gasteiger partial charge in [0.15, 0.2) is 0 Å². The van der Waals surface area contributed by atoms with Gasteiger partial charge in [0.25, 0.3) is 0 Å². The van der Waals surface area contributed by atoms with Gasteiger partial charge in [-0.3, -0.25) is 4.79 Å². The molecule has 0 spiro atoms. The van der Waals surface area contributed by atoms with Crippen molar-refractivity contribution in [1.82, 2.24) is 5.06 Å². The maximum Gasteiger partial charge on any atom is 0.357 e. The second kappa shape index (κ2) is 9.67. The van der Waals surface area contributed by atoms with Crippen LogP contribution < -0.4 is 0 Å². The molecule has 7 heteroatoms. The third kappa shape index (κ3) is 5.43. The quantitative estimate of drug-likeness (QED) is 0.669. The summed E-state index contributed by atoms with van der Waals surface area (Å²) in [6.07, 6.45) is 1.53. The Morgan fingerprint density at radius 3 is 2.31 bits per heavy atom. The Bertz CT molecular complexity index is 906. The maximum atomic E-state index is 12.6. The first-order chi connectivity index (χ1) is 14.0. The van der Waals surface area contributed by atoms with Crippen molar-refractivity contribution in [2.45, 2.75) is 19.3 Å². The summed E-state index contributed by atoms with van der Waals surface area (Å²) >= 11 is 6.14. The van der Waals surface area contributed by atoms with Gasteiger partial charge in [-0.1, -0.05) is 35.9 Å².